The van der Waals surface area contributed by atoms with E-state index in [0.717, 1.165) is 5.57 Å². The van der Waals surface area contributed by atoms with Gasteiger partial charge in [-0.1, -0.05) is 53.1 Å². The lowest BCUT2D eigenvalue weighted by Gasteiger charge is -2.44. The van der Waals surface area contributed by atoms with Crippen molar-refractivity contribution in [1.29, 1.82) is 0 Å². The smallest absolute Gasteiger partial charge is 0.238 e. The molecule has 10 heteroatoms. The zero-order valence-electron chi connectivity index (χ0n) is 23.4. The summed E-state index contributed by atoms with van der Waals surface area (Å²) < 4.78 is 5.92. The Morgan fingerprint density at radius 3 is 1.89 bits per heavy atom. The van der Waals surface area contributed by atoms with E-state index in [0.29, 0.717) is 39.2 Å². The molecular weight excluding hydrogens is 603 g/mol. The molecule has 4 aliphatic rings. The highest BCUT2D eigenvalue weighted by Crippen LogP contribution is 2.59. The molecular formula is C34H28Cl2N2O6. The molecule has 3 aromatic rings. The van der Waals surface area contributed by atoms with Gasteiger partial charge in [-0.15, -0.1) is 0 Å². The number of hydrogen-bond acceptors (Lipinski definition) is 6. The molecule has 2 saturated heterocycles. The van der Waals surface area contributed by atoms with E-state index in [1.165, 1.54) is 9.80 Å². The molecule has 44 heavy (non-hydrogen) atoms. The number of fused-ring (bicyclic) bond motifs is 4. The fourth-order valence-electron chi connectivity index (χ4n) is 7.65. The first kappa shape index (κ1) is 28.8. The number of para-hydroxylation sites is 1. The lowest BCUT2D eigenvalue weighted by atomic mass is 9.57. The Kier molecular flexibility index (Phi) is 7.31. The average molecular weight is 632 g/mol. The van der Waals surface area contributed by atoms with Gasteiger partial charge in [0.05, 0.1) is 41.7 Å². The van der Waals surface area contributed by atoms with E-state index >= 15 is 0 Å². The maximum absolute atomic E-state index is 14.3. The van der Waals surface area contributed by atoms with Gasteiger partial charge in [0.2, 0.25) is 23.6 Å². The number of imide groups is 2. The van der Waals surface area contributed by atoms with Crippen LogP contribution in [0.2, 0.25) is 10.0 Å². The molecule has 2 aliphatic carbocycles. The molecule has 1 saturated carbocycles. The number of carbonyl (C=O) groups excluding carboxylic acids is 4. The predicted octanol–water partition coefficient (Wildman–Crippen LogP) is 5.41. The van der Waals surface area contributed by atoms with Gasteiger partial charge in [0.25, 0.3) is 0 Å². The summed E-state index contributed by atoms with van der Waals surface area (Å²) in [5.41, 5.74) is 2.45. The van der Waals surface area contributed by atoms with Crippen molar-refractivity contribution in [3.63, 3.8) is 0 Å². The first-order valence-electron chi connectivity index (χ1n) is 14.6. The number of nitrogens with zero attached hydrogens (tertiary/aromatic N) is 2. The third-order valence-electron chi connectivity index (χ3n) is 9.42. The second kappa shape index (κ2) is 11.2. The molecule has 4 amide bonds. The molecule has 0 unspecified atom stereocenters. The predicted molar refractivity (Wildman–Crippen MR) is 164 cm³/mol. The van der Waals surface area contributed by atoms with Crippen LogP contribution in [0.3, 0.4) is 0 Å². The fraction of sp³-hybridized carbons (Fsp3) is 0.294. The van der Waals surface area contributed by atoms with E-state index < -0.39 is 35.5 Å². The average Bonchev–Trinajstić information content (AvgIpc) is 3.44. The maximum atomic E-state index is 14.3. The number of aliphatic hydroxyl groups excluding tert-OH is 1. The lowest BCUT2D eigenvalue weighted by Crippen LogP contribution is -2.43. The summed E-state index contributed by atoms with van der Waals surface area (Å²) in [6.45, 7) is -0.142. The van der Waals surface area contributed by atoms with Crippen molar-refractivity contribution < 1.29 is 29.0 Å². The normalized spacial score (nSPS) is 27.7. The second-order valence-electron chi connectivity index (χ2n) is 11.6. The van der Waals surface area contributed by atoms with Gasteiger partial charge in [-0.25, -0.2) is 0 Å². The maximum Gasteiger partial charge on any atom is 0.238 e. The van der Waals surface area contributed by atoms with Gasteiger partial charge in [-0.2, -0.15) is 0 Å². The van der Waals surface area contributed by atoms with Gasteiger partial charge in [-0.3, -0.25) is 29.0 Å². The van der Waals surface area contributed by atoms with Crippen LogP contribution in [0.5, 0.6) is 5.75 Å². The van der Waals surface area contributed by atoms with Crippen molar-refractivity contribution in [3.8, 4) is 5.75 Å². The summed E-state index contributed by atoms with van der Waals surface area (Å²) in [5, 5.41) is 10.5. The number of benzene rings is 3. The number of allylic oxidation sites excluding steroid dienone is 2. The molecule has 3 fully saturated rings. The van der Waals surface area contributed by atoms with Gasteiger partial charge >= 0.3 is 0 Å². The summed E-state index contributed by atoms with van der Waals surface area (Å²) in [7, 11) is 0. The molecule has 0 spiro atoms. The van der Waals surface area contributed by atoms with Crippen LogP contribution in [0, 0.1) is 29.6 Å². The van der Waals surface area contributed by atoms with Gasteiger partial charge in [0.1, 0.15) is 12.4 Å². The van der Waals surface area contributed by atoms with E-state index in [1.807, 2.05) is 24.3 Å². The quantitative estimate of drug-likeness (QED) is 0.288. The highest BCUT2D eigenvalue weighted by atomic mass is 35.5. The Bertz CT molecular complexity index is 1710. The Labute approximate surface area is 263 Å². The van der Waals surface area contributed by atoms with E-state index in [1.54, 1.807) is 54.6 Å². The minimum atomic E-state index is -0.740. The van der Waals surface area contributed by atoms with E-state index in [9.17, 15) is 24.3 Å². The van der Waals surface area contributed by atoms with Crippen LogP contribution >= 0.6 is 23.2 Å². The van der Waals surface area contributed by atoms with Crippen molar-refractivity contribution in [1.82, 2.24) is 0 Å². The van der Waals surface area contributed by atoms with Crippen LogP contribution < -0.4 is 14.5 Å². The van der Waals surface area contributed by atoms with Crippen LogP contribution in [-0.4, -0.2) is 41.9 Å². The van der Waals surface area contributed by atoms with Crippen LogP contribution in [0.15, 0.2) is 84.4 Å². The SMILES string of the molecule is O=C1[C@H]2[C@H](CC=C3[C@H]2C[C@H]2C(=O)N(c4ccc(Cl)cc4)C(=O)[C@H]2[C@H]3c2ccccc2OCCO)C(=O)N1c1ccc(Cl)cc1. The standard InChI is InChI=1S/C34H28Cl2N2O6/c35-18-5-9-20(10-6-18)37-31(40)24-14-13-22-25(29(24)33(37)42)17-26-30(28(22)23-3-1-2-4-27(23)44-16-15-39)34(43)38(32(26)41)21-11-7-19(36)8-12-21/h1-13,24-26,28-30,39H,14-17H2/t24-,25+,26+,28+,29-,30+/m0/s1. The van der Waals surface area contributed by atoms with Gasteiger partial charge in [-0.05, 0) is 73.4 Å². The molecule has 7 rings (SSSR count). The number of carbonyl (C=O) groups is 4. The summed E-state index contributed by atoms with van der Waals surface area (Å²) in [5.74, 6) is -4.50. The molecule has 1 N–H and O–H groups in total. The monoisotopic (exact) mass is 630 g/mol. The van der Waals surface area contributed by atoms with Gasteiger partial charge in [0, 0.05) is 21.5 Å². The molecule has 8 nitrogen and oxygen atoms in total. The Morgan fingerprint density at radius 1 is 0.705 bits per heavy atom. The first-order chi connectivity index (χ1) is 21.3. The van der Waals surface area contributed by atoms with E-state index in [4.69, 9.17) is 27.9 Å². The number of hydrogen-bond donors (Lipinski definition) is 1. The summed E-state index contributed by atoms with van der Waals surface area (Å²) >= 11 is 12.2. The highest BCUT2D eigenvalue weighted by Gasteiger charge is 2.62. The molecule has 0 aromatic heterocycles. The van der Waals surface area contributed by atoms with Crippen molar-refractivity contribution in [2.75, 3.05) is 23.0 Å². The zero-order chi connectivity index (χ0) is 30.7. The van der Waals surface area contributed by atoms with Gasteiger partial charge < -0.3 is 9.84 Å². The lowest BCUT2D eigenvalue weighted by molar-refractivity contribution is -0.126. The molecule has 6 atom stereocenters. The molecule has 0 radical (unpaired) electrons. The highest BCUT2D eigenvalue weighted by molar-refractivity contribution is 6.31. The molecule has 0 bridgehead atoms. The van der Waals surface area contributed by atoms with Crippen molar-refractivity contribution in [2.45, 2.75) is 18.8 Å². The van der Waals surface area contributed by atoms with Crippen molar-refractivity contribution >= 4 is 58.2 Å². The number of anilines is 2. The van der Waals surface area contributed by atoms with Crippen LogP contribution in [0.1, 0.15) is 24.3 Å². The third kappa shape index (κ3) is 4.47. The van der Waals surface area contributed by atoms with Crippen molar-refractivity contribution in [2.24, 2.45) is 29.6 Å². The first-order valence-corrected chi connectivity index (χ1v) is 15.3. The summed E-state index contributed by atoms with van der Waals surface area (Å²) in [4.78, 5) is 58.7. The molecule has 3 aromatic carbocycles. The topological polar surface area (TPSA) is 104 Å². The van der Waals surface area contributed by atoms with E-state index in [-0.39, 0.29) is 43.3 Å². The van der Waals surface area contributed by atoms with Crippen LogP contribution in [0.25, 0.3) is 0 Å². The summed E-state index contributed by atoms with van der Waals surface area (Å²) in [6.07, 6.45) is 2.59. The second-order valence-corrected chi connectivity index (χ2v) is 12.5. The number of ether oxygens (including phenoxy) is 1. The molecule has 2 aliphatic heterocycles. The minimum absolute atomic E-state index is 0.0534. The van der Waals surface area contributed by atoms with Crippen molar-refractivity contribution in [3.05, 3.63) is 100 Å². The number of amides is 4. The van der Waals surface area contributed by atoms with Crippen LogP contribution in [0.4, 0.5) is 11.4 Å². The zero-order valence-corrected chi connectivity index (χ0v) is 24.9. The number of aliphatic hydroxyl groups is 1. The Morgan fingerprint density at radius 2 is 1.27 bits per heavy atom. The minimum Gasteiger partial charge on any atom is -0.491 e. The van der Waals surface area contributed by atoms with E-state index in [2.05, 4.69) is 0 Å². The third-order valence-corrected chi connectivity index (χ3v) is 9.92. The summed E-state index contributed by atoms with van der Waals surface area (Å²) in [6, 6.07) is 20.5. The molecule has 224 valence electrons. The molecule has 2 heterocycles. The van der Waals surface area contributed by atoms with Gasteiger partial charge in [0.15, 0.2) is 0 Å². The Hall–Kier alpha value is -3.98. The number of rotatable bonds is 6. The van der Waals surface area contributed by atoms with Crippen LogP contribution in [-0.2, 0) is 19.2 Å². The fourth-order valence-corrected chi connectivity index (χ4v) is 7.90. The largest absolute Gasteiger partial charge is 0.491 e. The number of halogens is 2. The Balaban J connectivity index is 1.34.